The Morgan fingerprint density at radius 2 is 1.66 bits per heavy atom. The van der Waals surface area contributed by atoms with Gasteiger partial charge >= 0.3 is 12.6 Å². The van der Waals surface area contributed by atoms with Crippen LogP contribution in [0.2, 0.25) is 0 Å². The highest BCUT2D eigenvalue weighted by atomic mass is 32.2. The largest absolute Gasteiger partial charge is 0.481 e. The van der Waals surface area contributed by atoms with Crippen LogP contribution in [0.1, 0.15) is 22.4 Å². The number of benzene rings is 3. The minimum atomic E-state index is -3.35. The van der Waals surface area contributed by atoms with Gasteiger partial charge in [-0.15, -0.1) is 28.2 Å². The molecule has 0 saturated carbocycles. The van der Waals surface area contributed by atoms with E-state index in [1.807, 2.05) is 91.0 Å². The van der Waals surface area contributed by atoms with Gasteiger partial charge in [0.1, 0.15) is 28.1 Å². The van der Waals surface area contributed by atoms with E-state index in [0.717, 1.165) is 39.8 Å². The number of carbonyl (C=O) groups excluding carboxylic acids is 2. The van der Waals surface area contributed by atoms with Crippen molar-refractivity contribution < 1.29 is 38.2 Å². The molecule has 2 amide bonds. The van der Waals surface area contributed by atoms with Crippen molar-refractivity contribution in [3.8, 4) is 0 Å². The summed E-state index contributed by atoms with van der Waals surface area (Å²) in [5.74, 6) is -2.55. The number of anilines is 1. The van der Waals surface area contributed by atoms with Crippen LogP contribution in [0, 0.1) is 5.41 Å². The maximum absolute atomic E-state index is 13.8. The fourth-order valence-corrected chi connectivity index (χ4v) is 10.0. The number of carboxylic acids is 1. The molecule has 0 bridgehead atoms. The summed E-state index contributed by atoms with van der Waals surface area (Å²) in [5.41, 5.74) is -0.363. The van der Waals surface area contributed by atoms with E-state index in [2.05, 4.69) is 41.1 Å². The molecule has 2 aromatic heterocycles. The van der Waals surface area contributed by atoms with Crippen LogP contribution >= 0.6 is 34.9 Å². The summed E-state index contributed by atoms with van der Waals surface area (Å²) >= 11 is 3.37. The smallest absolute Gasteiger partial charge is 0.407 e. The number of carboxylic acid groups (broad SMARTS) is 1. The summed E-state index contributed by atoms with van der Waals surface area (Å²) in [6.07, 6.45) is 0. The highest BCUT2D eigenvalue weighted by Crippen LogP contribution is 2.45. The van der Waals surface area contributed by atoms with Gasteiger partial charge in [-0.1, -0.05) is 108 Å². The summed E-state index contributed by atoms with van der Waals surface area (Å²) in [6.45, 7) is -3.59. The summed E-state index contributed by atoms with van der Waals surface area (Å²) in [7, 11) is 0. The van der Waals surface area contributed by atoms with Crippen LogP contribution in [0.5, 0.6) is 0 Å². The third-order valence-electron chi connectivity index (χ3n) is 9.27. The van der Waals surface area contributed by atoms with Gasteiger partial charge in [-0.25, -0.2) is 9.67 Å². The lowest BCUT2D eigenvalue weighted by Gasteiger charge is -2.53. The Hall–Kier alpha value is -5.44. The van der Waals surface area contributed by atoms with E-state index < -0.39 is 52.5 Å². The number of aliphatic hydroxyl groups excluding tert-OH is 1. The van der Waals surface area contributed by atoms with Crippen LogP contribution in [0.4, 0.5) is 13.9 Å². The number of halogens is 2. The average molecular weight is 822 g/mol. The van der Waals surface area contributed by atoms with E-state index in [4.69, 9.17) is 0 Å². The molecule has 0 radical (unpaired) electrons. The molecular weight excluding hydrogens is 789 g/mol. The number of fused-ring (bicyclic) bond motifs is 1. The number of nitrogens with one attached hydrogen (secondary N) is 2. The first-order valence-corrected chi connectivity index (χ1v) is 20.0. The minimum absolute atomic E-state index is 0.0245. The molecule has 2 saturated heterocycles. The Morgan fingerprint density at radius 3 is 2.23 bits per heavy atom. The fourth-order valence-electron chi connectivity index (χ4n) is 6.53. The number of oxime groups is 1. The number of tetrazole rings is 1. The molecule has 7 rings (SSSR count). The van der Waals surface area contributed by atoms with Crippen LogP contribution in [-0.2, 0) is 31.3 Å². The Balaban J connectivity index is 1.11. The quantitative estimate of drug-likeness (QED) is 0.0370. The van der Waals surface area contributed by atoms with Crippen LogP contribution in [0.3, 0.4) is 0 Å². The number of nitrogens with zero attached hydrogens (tertiary/aromatic N) is 7. The molecule has 5 aromatic rings. The number of rotatable bonds is 16. The Bertz CT molecular complexity index is 2100. The zero-order chi connectivity index (χ0) is 39.3. The molecule has 4 N–H and O–H groups in total. The molecule has 3 atom stereocenters. The zero-order valence-electron chi connectivity index (χ0n) is 29.1. The van der Waals surface area contributed by atoms with Crippen LogP contribution in [0.15, 0.2) is 107 Å². The SMILES string of the molecule is O=C(NC1C(=O)N2CC(CSc3nnnn3CCO)(C(=O)O)CS[C@H]12)C(=NOC(F)F)c1csc(NC(c2ccccc2)(c2ccccc2)c2ccccc2)n1. The predicted molar refractivity (Wildman–Crippen MR) is 204 cm³/mol. The van der Waals surface area contributed by atoms with Crippen LogP contribution < -0.4 is 10.6 Å². The Labute approximate surface area is 330 Å². The van der Waals surface area contributed by atoms with Gasteiger partial charge in [0.2, 0.25) is 11.1 Å². The number of aliphatic hydroxyl groups is 1. The number of hydrogen-bond acceptors (Lipinski definition) is 14. The average Bonchev–Trinajstić information content (AvgIpc) is 3.88. The maximum atomic E-state index is 13.8. The summed E-state index contributed by atoms with van der Waals surface area (Å²) in [6, 6.07) is 28.0. The molecular formula is C36H33F2N9O6S3. The van der Waals surface area contributed by atoms with Gasteiger partial charge in [-0.2, -0.15) is 8.78 Å². The third-order valence-corrected chi connectivity index (χ3v) is 12.9. The van der Waals surface area contributed by atoms with Gasteiger partial charge in [-0.05, 0) is 27.1 Å². The van der Waals surface area contributed by atoms with Crippen molar-refractivity contribution in [1.29, 1.82) is 0 Å². The summed E-state index contributed by atoms with van der Waals surface area (Å²) in [5, 5.41) is 41.9. The van der Waals surface area contributed by atoms with Gasteiger partial charge in [-0.3, -0.25) is 14.4 Å². The molecule has 3 aromatic carbocycles. The van der Waals surface area contributed by atoms with Gasteiger partial charge < -0.3 is 30.6 Å². The topological polar surface area (TPSA) is 197 Å². The van der Waals surface area contributed by atoms with Gasteiger partial charge in [0, 0.05) is 23.4 Å². The molecule has 20 heteroatoms. The molecule has 2 aliphatic heterocycles. The van der Waals surface area contributed by atoms with Crippen LogP contribution in [-0.4, -0.2) is 106 Å². The number of hydrogen-bond donors (Lipinski definition) is 4. The minimum Gasteiger partial charge on any atom is -0.481 e. The molecule has 4 heterocycles. The molecule has 0 spiro atoms. The van der Waals surface area contributed by atoms with E-state index in [1.165, 1.54) is 26.7 Å². The van der Waals surface area contributed by atoms with Crippen molar-refractivity contribution in [1.82, 2.24) is 35.4 Å². The number of aromatic nitrogens is 5. The van der Waals surface area contributed by atoms with E-state index in [-0.39, 0.29) is 36.9 Å². The number of alkyl halides is 2. The van der Waals surface area contributed by atoms with Crippen molar-refractivity contribution in [2.24, 2.45) is 10.6 Å². The molecule has 2 aliphatic rings. The van der Waals surface area contributed by atoms with Gasteiger partial charge in [0.25, 0.3) is 5.91 Å². The fraction of sp³-hybridized carbons (Fsp3) is 0.278. The number of aliphatic carboxylic acids is 1. The number of thioether (sulfide) groups is 2. The number of thiazole rings is 1. The Kier molecular flexibility index (Phi) is 11.6. The van der Waals surface area contributed by atoms with Crippen molar-refractivity contribution in [2.45, 2.75) is 35.3 Å². The number of carbonyl (C=O) groups is 3. The lowest BCUT2D eigenvalue weighted by molar-refractivity contribution is -0.157. The lowest BCUT2D eigenvalue weighted by Crippen LogP contribution is -2.74. The third kappa shape index (κ3) is 7.68. The van der Waals surface area contributed by atoms with Gasteiger partial charge in [0.05, 0.1) is 13.2 Å². The van der Waals surface area contributed by atoms with E-state index in [0.29, 0.717) is 10.3 Å². The van der Waals surface area contributed by atoms with Crippen molar-refractivity contribution in [2.75, 3.05) is 30.0 Å². The second kappa shape index (κ2) is 16.7. The van der Waals surface area contributed by atoms with Gasteiger partial charge in [0.15, 0.2) is 10.8 Å². The van der Waals surface area contributed by atoms with E-state index >= 15 is 0 Å². The lowest BCUT2D eigenvalue weighted by atomic mass is 9.77. The first-order chi connectivity index (χ1) is 27.1. The molecule has 2 fully saturated rings. The molecule has 0 aliphatic carbocycles. The van der Waals surface area contributed by atoms with Crippen molar-refractivity contribution in [3.05, 3.63) is 119 Å². The second-order valence-electron chi connectivity index (χ2n) is 12.7. The molecule has 290 valence electrons. The molecule has 56 heavy (non-hydrogen) atoms. The maximum Gasteiger partial charge on any atom is 0.407 e. The highest BCUT2D eigenvalue weighted by molar-refractivity contribution is 8.00. The van der Waals surface area contributed by atoms with Crippen molar-refractivity contribution in [3.63, 3.8) is 0 Å². The first kappa shape index (κ1) is 38.8. The van der Waals surface area contributed by atoms with E-state index in [9.17, 15) is 33.4 Å². The number of β-lactam (4-membered cyclic amide) rings is 1. The standard InChI is InChI=1S/C36H33F2N9O6S3/c37-32(38)53-43-26(28(49)40-27-29(50)46-19-35(31(51)52,20-55-30(27)46)21-56-34-42-44-45-47(34)16-17-48)25-18-54-33(39-25)41-36(22-10-4-1-5-11-22,23-12-6-2-7-13-23)24-14-8-3-9-15-24/h1-15,18,27,30,32,48H,16-17,19-21H2,(H,39,41)(H,40,49)(H,51,52)/t27?,30-,35?/m1/s1. The van der Waals surface area contributed by atoms with Crippen molar-refractivity contribution >= 4 is 63.5 Å². The summed E-state index contributed by atoms with van der Waals surface area (Å²) < 4.78 is 28.0. The first-order valence-electron chi connectivity index (χ1n) is 17.0. The predicted octanol–water partition coefficient (Wildman–Crippen LogP) is 3.73. The Morgan fingerprint density at radius 1 is 1.04 bits per heavy atom. The van der Waals surface area contributed by atoms with E-state index in [1.54, 1.807) is 0 Å². The zero-order valence-corrected chi connectivity index (χ0v) is 31.6. The second-order valence-corrected chi connectivity index (χ2v) is 15.6. The normalized spacial score (nSPS) is 19.6. The van der Waals surface area contributed by atoms with Crippen LogP contribution in [0.25, 0.3) is 0 Å². The number of amides is 2. The monoisotopic (exact) mass is 821 g/mol. The molecule has 2 unspecified atom stereocenters. The molecule has 15 nitrogen and oxygen atoms in total. The highest BCUT2D eigenvalue weighted by Gasteiger charge is 2.57. The summed E-state index contributed by atoms with van der Waals surface area (Å²) in [4.78, 5) is 49.9.